The topological polar surface area (TPSA) is 34.0 Å². The first-order valence-electron chi connectivity index (χ1n) is 10.3. The lowest BCUT2D eigenvalue weighted by Crippen LogP contribution is -2.30. The minimum absolute atomic E-state index is 0.0620. The molecule has 0 N–H and O–H groups in total. The molecule has 2 aromatic rings. The van der Waals surface area contributed by atoms with Crippen molar-refractivity contribution in [1.29, 1.82) is 0 Å². The van der Waals surface area contributed by atoms with Gasteiger partial charge in [-0.05, 0) is 50.5 Å². The molecule has 0 spiro atoms. The molecule has 0 fully saturated rings. The Balaban J connectivity index is 2.00. The molecule has 0 aromatic carbocycles. The minimum Gasteiger partial charge on any atom is -0.351 e. The highest BCUT2D eigenvalue weighted by Gasteiger charge is 2.32. The van der Waals surface area contributed by atoms with Gasteiger partial charge in [0.15, 0.2) is 0 Å². The lowest BCUT2D eigenvalue weighted by molar-refractivity contribution is -0.0883. The van der Waals surface area contributed by atoms with Crippen LogP contribution in [0.2, 0.25) is 0 Å². The average Bonchev–Trinajstić information content (AvgIpc) is 3.16. The zero-order valence-corrected chi connectivity index (χ0v) is 17.8. The van der Waals surface area contributed by atoms with E-state index in [1.54, 1.807) is 32.1 Å². The number of pyridine rings is 1. The maximum atomic E-state index is 13.4. The van der Waals surface area contributed by atoms with E-state index in [0.717, 1.165) is 24.6 Å². The van der Waals surface area contributed by atoms with Crippen molar-refractivity contribution in [2.75, 3.05) is 11.9 Å². The van der Waals surface area contributed by atoms with Gasteiger partial charge in [-0.1, -0.05) is 25.2 Å². The van der Waals surface area contributed by atoms with Crippen molar-refractivity contribution in [2.45, 2.75) is 51.9 Å². The van der Waals surface area contributed by atoms with Crippen LogP contribution in [0.1, 0.15) is 50.5 Å². The van der Waals surface area contributed by atoms with E-state index in [1.165, 1.54) is 18.3 Å². The van der Waals surface area contributed by atoms with Gasteiger partial charge in [-0.3, -0.25) is 4.68 Å². The average molecular weight is 434 g/mol. The third kappa shape index (κ3) is 5.24. The number of fused-ring (bicyclic) bond motifs is 1. The zero-order chi connectivity index (χ0) is 22.6. The molecular formula is C23H26F4N4. The Morgan fingerprint density at radius 3 is 2.71 bits per heavy atom. The number of halogens is 4. The normalized spacial score (nSPS) is 17.8. The predicted octanol–water partition coefficient (Wildman–Crippen LogP) is 6.25. The van der Waals surface area contributed by atoms with Gasteiger partial charge >= 0.3 is 6.18 Å². The van der Waals surface area contributed by atoms with E-state index in [0.29, 0.717) is 23.6 Å². The Labute approximate surface area is 179 Å². The summed E-state index contributed by atoms with van der Waals surface area (Å²) in [5.74, 6) is 0.215. The molecule has 1 aliphatic heterocycles. The Kier molecular flexibility index (Phi) is 6.97. The first-order valence-corrected chi connectivity index (χ1v) is 10.3. The van der Waals surface area contributed by atoms with Crippen molar-refractivity contribution in [3.8, 4) is 0 Å². The second kappa shape index (κ2) is 9.49. The summed E-state index contributed by atoms with van der Waals surface area (Å²) in [6.07, 6.45) is 4.41. The fourth-order valence-electron chi connectivity index (χ4n) is 3.76. The second-order valence-electron chi connectivity index (χ2n) is 7.45. The highest BCUT2D eigenvalue weighted by atomic mass is 19.4. The molecule has 3 rings (SSSR count). The monoisotopic (exact) mass is 434 g/mol. The van der Waals surface area contributed by atoms with E-state index in [1.807, 2.05) is 22.7 Å². The van der Waals surface area contributed by atoms with Gasteiger partial charge in [-0.15, -0.1) is 0 Å². The van der Waals surface area contributed by atoms with Crippen LogP contribution in [-0.4, -0.2) is 28.0 Å². The van der Waals surface area contributed by atoms with Crippen LogP contribution in [0.3, 0.4) is 0 Å². The SMILES string of the molecule is C\C=C/C(=C\C(=C\CC)C(F)(F)F)c1cc2n(n1)CCCC2N(C)c1ccc(F)cn1. The van der Waals surface area contributed by atoms with Gasteiger partial charge in [-0.25, -0.2) is 9.37 Å². The number of aromatic nitrogens is 3. The number of allylic oxidation sites excluding steroid dienone is 6. The zero-order valence-electron chi connectivity index (χ0n) is 17.8. The number of anilines is 1. The molecule has 3 heterocycles. The minimum atomic E-state index is -4.43. The number of rotatable bonds is 6. The fraction of sp³-hybridized carbons (Fsp3) is 0.391. The van der Waals surface area contributed by atoms with E-state index in [-0.39, 0.29) is 12.5 Å². The molecule has 4 nitrogen and oxygen atoms in total. The van der Waals surface area contributed by atoms with Gasteiger partial charge in [0.25, 0.3) is 0 Å². The van der Waals surface area contributed by atoms with E-state index >= 15 is 0 Å². The maximum Gasteiger partial charge on any atom is 0.416 e. The van der Waals surface area contributed by atoms with Crippen LogP contribution in [0.15, 0.2) is 54.3 Å². The Hall–Kier alpha value is -2.90. The fourth-order valence-corrected chi connectivity index (χ4v) is 3.76. The molecular weight excluding hydrogens is 408 g/mol. The molecule has 1 unspecified atom stereocenters. The molecule has 0 saturated carbocycles. The highest BCUT2D eigenvalue weighted by Crippen LogP contribution is 2.35. The molecule has 0 bridgehead atoms. The van der Waals surface area contributed by atoms with E-state index in [2.05, 4.69) is 10.1 Å². The van der Waals surface area contributed by atoms with Gasteiger partial charge in [-0.2, -0.15) is 18.3 Å². The second-order valence-corrected chi connectivity index (χ2v) is 7.45. The Morgan fingerprint density at radius 2 is 2.10 bits per heavy atom. The molecule has 0 radical (unpaired) electrons. The molecule has 8 heteroatoms. The summed E-state index contributed by atoms with van der Waals surface area (Å²) < 4.78 is 55.4. The van der Waals surface area contributed by atoms with Gasteiger partial charge < -0.3 is 4.90 Å². The molecule has 0 saturated heterocycles. The van der Waals surface area contributed by atoms with Crippen LogP contribution in [-0.2, 0) is 6.54 Å². The van der Waals surface area contributed by atoms with Crippen molar-refractivity contribution in [1.82, 2.24) is 14.8 Å². The van der Waals surface area contributed by atoms with Crippen molar-refractivity contribution >= 4 is 11.4 Å². The smallest absolute Gasteiger partial charge is 0.351 e. The molecule has 1 atom stereocenters. The van der Waals surface area contributed by atoms with E-state index in [9.17, 15) is 17.6 Å². The largest absolute Gasteiger partial charge is 0.416 e. The number of hydrogen-bond acceptors (Lipinski definition) is 3. The van der Waals surface area contributed by atoms with Crippen molar-refractivity contribution < 1.29 is 17.6 Å². The third-order valence-corrected chi connectivity index (χ3v) is 5.24. The van der Waals surface area contributed by atoms with E-state index < -0.39 is 17.6 Å². The van der Waals surface area contributed by atoms with Crippen molar-refractivity contribution in [2.24, 2.45) is 0 Å². The first-order chi connectivity index (χ1) is 14.7. The summed E-state index contributed by atoms with van der Waals surface area (Å²) in [5, 5.41) is 4.60. The molecule has 0 aliphatic carbocycles. The summed E-state index contributed by atoms with van der Waals surface area (Å²) in [6, 6.07) is 4.75. The van der Waals surface area contributed by atoms with Crippen LogP contribution in [0.5, 0.6) is 0 Å². The van der Waals surface area contributed by atoms with Crippen LogP contribution in [0.25, 0.3) is 5.57 Å². The number of hydrogen-bond donors (Lipinski definition) is 0. The summed E-state index contributed by atoms with van der Waals surface area (Å²) >= 11 is 0. The first kappa shape index (κ1) is 22.8. The molecule has 1 aliphatic rings. The summed E-state index contributed by atoms with van der Waals surface area (Å²) in [6.45, 7) is 4.13. The molecule has 0 amide bonds. The lowest BCUT2D eigenvalue weighted by atomic mass is 10.0. The van der Waals surface area contributed by atoms with Gasteiger partial charge in [0.05, 0.1) is 29.2 Å². The molecule has 2 aromatic heterocycles. The van der Waals surface area contributed by atoms with Gasteiger partial charge in [0, 0.05) is 19.2 Å². The van der Waals surface area contributed by atoms with Gasteiger partial charge in [0.2, 0.25) is 0 Å². The summed E-state index contributed by atoms with van der Waals surface area (Å²) in [5.41, 5.74) is 1.12. The third-order valence-electron chi connectivity index (χ3n) is 5.24. The number of nitrogens with zero attached hydrogens (tertiary/aromatic N) is 4. The highest BCUT2D eigenvalue weighted by molar-refractivity contribution is 5.74. The maximum absolute atomic E-state index is 13.4. The Morgan fingerprint density at radius 1 is 1.32 bits per heavy atom. The van der Waals surface area contributed by atoms with E-state index in [4.69, 9.17) is 0 Å². The molecule has 166 valence electrons. The van der Waals surface area contributed by atoms with Crippen LogP contribution in [0, 0.1) is 5.82 Å². The summed E-state index contributed by atoms with van der Waals surface area (Å²) in [4.78, 5) is 6.10. The Bertz CT molecular complexity index is 984. The van der Waals surface area contributed by atoms with Crippen molar-refractivity contribution in [3.63, 3.8) is 0 Å². The lowest BCUT2D eigenvalue weighted by Gasteiger charge is -2.32. The van der Waals surface area contributed by atoms with Gasteiger partial charge in [0.1, 0.15) is 11.6 Å². The standard InChI is InChI=1S/C23H26F4N4/c1-4-7-16(13-17(8-5-2)23(25,26)27)19-14-21-20(9-6-12-31(21)29-19)30(3)22-11-10-18(24)15-28-22/h4,7-8,10-11,13-15,20H,5-6,9,12H2,1-3H3/b7-4-,16-13+,17-8-. The van der Waals surface area contributed by atoms with Crippen LogP contribution >= 0.6 is 0 Å². The van der Waals surface area contributed by atoms with Crippen LogP contribution < -0.4 is 4.90 Å². The quantitative estimate of drug-likeness (QED) is 0.398. The number of aryl methyl sites for hydroxylation is 1. The van der Waals surface area contributed by atoms with Crippen LogP contribution in [0.4, 0.5) is 23.4 Å². The number of alkyl halides is 3. The molecule has 31 heavy (non-hydrogen) atoms. The van der Waals surface area contributed by atoms with Crippen molar-refractivity contribution in [3.05, 3.63) is 71.5 Å². The summed E-state index contributed by atoms with van der Waals surface area (Å²) in [7, 11) is 1.88. The predicted molar refractivity (Wildman–Crippen MR) is 114 cm³/mol.